The summed E-state index contributed by atoms with van der Waals surface area (Å²) < 4.78 is 62.7. The summed E-state index contributed by atoms with van der Waals surface area (Å²) in [6.45, 7) is 7.08. The molecular weight excluding hydrogens is 552 g/mol. The molecule has 0 saturated heterocycles. The molecule has 0 atom stereocenters. The Balaban J connectivity index is 1.76. The number of amides is 1. The zero-order chi connectivity index (χ0) is 30.4. The number of carbonyl (C=O) groups is 1. The Hall–Kier alpha value is -4.79. The first-order valence-electron chi connectivity index (χ1n) is 13.1. The molecule has 0 aliphatic heterocycles. The third kappa shape index (κ3) is 5.42. The van der Waals surface area contributed by atoms with Gasteiger partial charge in [0.25, 0.3) is 0 Å². The molecule has 0 N–H and O–H groups in total. The van der Waals surface area contributed by atoms with Crippen LogP contribution in [-0.2, 0) is 23.8 Å². The zero-order valence-electron chi connectivity index (χ0n) is 23.3. The van der Waals surface area contributed by atoms with Gasteiger partial charge in [0.15, 0.2) is 5.69 Å². The second-order valence-electron chi connectivity index (χ2n) is 10.8. The van der Waals surface area contributed by atoms with Crippen LogP contribution in [0.2, 0.25) is 0 Å². The topological polar surface area (TPSA) is 96.9 Å². The lowest BCUT2D eigenvalue weighted by Crippen LogP contribution is -2.37. The van der Waals surface area contributed by atoms with Gasteiger partial charge < -0.3 is 4.74 Å². The largest absolute Gasteiger partial charge is 0.443 e. The molecule has 0 spiro atoms. The van der Waals surface area contributed by atoms with Crippen LogP contribution in [0.5, 0.6) is 0 Å². The van der Waals surface area contributed by atoms with E-state index in [2.05, 4.69) is 21.1 Å². The van der Waals surface area contributed by atoms with E-state index in [9.17, 15) is 18.0 Å². The molecule has 1 amide bonds. The molecular formula is C30H26F4N6O2. The van der Waals surface area contributed by atoms with Gasteiger partial charge in [-0.1, -0.05) is 0 Å². The molecule has 3 aromatic heterocycles. The van der Waals surface area contributed by atoms with Gasteiger partial charge in [0, 0.05) is 54.4 Å². The summed E-state index contributed by atoms with van der Waals surface area (Å²) in [6, 6.07) is 7.13. The number of benzene rings is 1. The maximum atomic E-state index is 15.3. The van der Waals surface area contributed by atoms with E-state index < -0.39 is 29.4 Å². The van der Waals surface area contributed by atoms with E-state index in [4.69, 9.17) is 10.00 Å². The Morgan fingerprint density at radius 2 is 1.90 bits per heavy atom. The predicted octanol–water partition coefficient (Wildman–Crippen LogP) is 6.89. The normalized spacial score (nSPS) is 12.5. The molecule has 4 aromatic rings. The van der Waals surface area contributed by atoms with Crippen LogP contribution >= 0.6 is 0 Å². The van der Waals surface area contributed by atoms with Crippen molar-refractivity contribution in [2.45, 2.75) is 52.3 Å². The van der Waals surface area contributed by atoms with Crippen LogP contribution < -0.4 is 4.90 Å². The van der Waals surface area contributed by atoms with Crippen LogP contribution in [0, 0.1) is 17.1 Å². The first kappa shape index (κ1) is 28.7. The van der Waals surface area contributed by atoms with Crippen LogP contribution in [0.3, 0.4) is 0 Å². The summed E-state index contributed by atoms with van der Waals surface area (Å²) in [5, 5.41) is 13.0. The summed E-state index contributed by atoms with van der Waals surface area (Å²) in [4.78, 5) is 23.2. The molecule has 1 aliphatic rings. The van der Waals surface area contributed by atoms with E-state index in [1.54, 1.807) is 33.8 Å². The lowest BCUT2D eigenvalue weighted by Gasteiger charge is -2.28. The van der Waals surface area contributed by atoms with Crippen LogP contribution in [-0.4, -0.2) is 38.0 Å². The second kappa shape index (κ2) is 10.6. The van der Waals surface area contributed by atoms with Gasteiger partial charge in [0.05, 0.1) is 29.6 Å². The van der Waals surface area contributed by atoms with E-state index >= 15 is 4.39 Å². The fourth-order valence-corrected chi connectivity index (χ4v) is 4.98. The monoisotopic (exact) mass is 578 g/mol. The Bertz CT molecular complexity index is 1730. The number of nitrogens with zero attached hydrogens (tertiary/aromatic N) is 6. The molecule has 42 heavy (non-hydrogen) atoms. The van der Waals surface area contributed by atoms with Crippen molar-refractivity contribution in [3.8, 4) is 34.0 Å². The van der Waals surface area contributed by atoms with Crippen molar-refractivity contribution in [2.24, 2.45) is 0 Å². The van der Waals surface area contributed by atoms with Gasteiger partial charge in [-0.05, 0) is 68.7 Å². The van der Waals surface area contributed by atoms with Crippen molar-refractivity contribution in [2.75, 3.05) is 11.4 Å². The highest BCUT2D eigenvalue weighted by Gasteiger charge is 2.36. The van der Waals surface area contributed by atoms with Gasteiger partial charge in [0.1, 0.15) is 11.4 Å². The summed E-state index contributed by atoms with van der Waals surface area (Å²) >= 11 is 0. The fourth-order valence-electron chi connectivity index (χ4n) is 4.98. The van der Waals surface area contributed by atoms with Crippen LogP contribution in [0.25, 0.3) is 27.9 Å². The number of hydrogen-bond acceptors (Lipinski definition) is 6. The number of halogens is 4. The quantitative estimate of drug-likeness (QED) is 0.211. The number of alkyl halides is 3. The lowest BCUT2D eigenvalue weighted by atomic mass is 9.98. The van der Waals surface area contributed by atoms with Crippen molar-refractivity contribution in [3.63, 3.8) is 0 Å². The zero-order valence-corrected chi connectivity index (χ0v) is 23.3. The number of hydrogen-bond donors (Lipinski definition) is 0. The smallest absolute Gasteiger partial charge is 0.435 e. The molecule has 8 nitrogen and oxygen atoms in total. The highest BCUT2D eigenvalue weighted by Crippen LogP contribution is 2.47. The number of ether oxygens (including phenoxy) is 1. The summed E-state index contributed by atoms with van der Waals surface area (Å²) in [6.07, 6.45) is 0.629. The molecule has 12 heteroatoms. The van der Waals surface area contributed by atoms with Gasteiger partial charge in [-0.2, -0.15) is 23.5 Å². The third-order valence-corrected chi connectivity index (χ3v) is 6.65. The Morgan fingerprint density at radius 1 is 1.14 bits per heavy atom. The SMILES string of the molecule is CCN(C(=O)OC(C)(C)C)c1cc(F)cc2c1Cc1ncc(-c3cncc(CC#N)c3)c(-n3ccc(C(F)(F)F)n3)c1-2. The molecule has 1 aromatic carbocycles. The molecule has 0 fully saturated rings. The number of rotatable bonds is 5. The first-order chi connectivity index (χ1) is 19.8. The minimum absolute atomic E-state index is 0.0729. The van der Waals surface area contributed by atoms with E-state index in [0.717, 1.165) is 10.7 Å². The van der Waals surface area contributed by atoms with Crippen molar-refractivity contribution in [1.29, 1.82) is 5.26 Å². The molecule has 3 heterocycles. The van der Waals surface area contributed by atoms with E-state index in [1.165, 1.54) is 41.8 Å². The predicted molar refractivity (Wildman–Crippen MR) is 146 cm³/mol. The Labute approximate surface area is 239 Å². The van der Waals surface area contributed by atoms with Gasteiger partial charge in [-0.25, -0.2) is 13.9 Å². The van der Waals surface area contributed by atoms with Crippen LogP contribution in [0.1, 0.15) is 50.2 Å². The number of pyridine rings is 2. The number of aromatic nitrogens is 4. The highest BCUT2D eigenvalue weighted by molar-refractivity contribution is 5.96. The number of fused-ring (bicyclic) bond motifs is 3. The molecule has 216 valence electrons. The van der Waals surface area contributed by atoms with Crippen LogP contribution in [0.4, 0.5) is 28.0 Å². The van der Waals surface area contributed by atoms with Gasteiger partial charge in [0.2, 0.25) is 0 Å². The summed E-state index contributed by atoms with van der Waals surface area (Å²) in [5.41, 5.74) is 1.90. The lowest BCUT2D eigenvalue weighted by molar-refractivity contribution is -0.141. The van der Waals surface area contributed by atoms with Crippen molar-refractivity contribution in [3.05, 3.63) is 77.4 Å². The van der Waals surface area contributed by atoms with Crippen molar-refractivity contribution >= 4 is 11.8 Å². The Kier molecular flexibility index (Phi) is 7.22. The number of carbonyl (C=O) groups excluding carboxylic acids is 1. The average Bonchev–Trinajstić information content (AvgIpc) is 3.54. The standard InChI is InChI=1S/C30H26F4N6O2/c1-5-39(28(41)42-29(2,3)4)24-12-19(31)11-21-20(24)13-23-26(21)27(40-9-7-25(38-40)30(32,33)34)22(16-37-23)18-10-17(6-8-35)14-36-15-18/h7,9-12,14-16H,5-6,13H2,1-4H3. The van der Waals surface area contributed by atoms with E-state index in [0.29, 0.717) is 39.1 Å². The molecule has 1 aliphatic carbocycles. The molecule has 0 saturated carbocycles. The van der Waals surface area contributed by atoms with Gasteiger partial charge in [-0.15, -0.1) is 0 Å². The first-order valence-corrected chi connectivity index (χ1v) is 13.1. The van der Waals surface area contributed by atoms with Gasteiger partial charge in [-0.3, -0.25) is 14.9 Å². The minimum atomic E-state index is -4.69. The summed E-state index contributed by atoms with van der Waals surface area (Å²) in [5.74, 6) is -0.649. The molecule has 0 radical (unpaired) electrons. The third-order valence-electron chi connectivity index (χ3n) is 6.65. The Morgan fingerprint density at radius 3 is 2.55 bits per heavy atom. The van der Waals surface area contributed by atoms with E-state index in [1.807, 2.05) is 0 Å². The highest BCUT2D eigenvalue weighted by atomic mass is 19.4. The molecule has 0 unspecified atom stereocenters. The van der Waals surface area contributed by atoms with Gasteiger partial charge >= 0.3 is 12.3 Å². The van der Waals surface area contributed by atoms with Crippen molar-refractivity contribution < 1.29 is 27.1 Å². The number of nitriles is 1. The minimum Gasteiger partial charge on any atom is -0.443 e. The van der Waals surface area contributed by atoms with Crippen LogP contribution in [0.15, 0.2) is 49.1 Å². The maximum Gasteiger partial charge on any atom is 0.435 e. The number of anilines is 1. The summed E-state index contributed by atoms with van der Waals surface area (Å²) in [7, 11) is 0. The van der Waals surface area contributed by atoms with Crippen molar-refractivity contribution in [1.82, 2.24) is 19.7 Å². The fraction of sp³-hybridized carbons (Fsp3) is 0.300. The molecule has 0 bridgehead atoms. The molecule has 5 rings (SSSR count). The van der Waals surface area contributed by atoms with E-state index in [-0.39, 0.29) is 30.8 Å². The second-order valence-corrected chi connectivity index (χ2v) is 10.8. The average molecular weight is 579 g/mol. The maximum absolute atomic E-state index is 15.3.